The van der Waals surface area contributed by atoms with Crippen LogP contribution >= 0.6 is 0 Å². The lowest BCUT2D eigenvalue weighted by Gasteiger charge is -2.42. The Bertz CT molecular complexity index is 736. The Morgan fingerprint density at radius 1 is 1.13 bits per heavy atom. The van der Waals surface area contributed by atoms with Crippen LogP contribution in [0.5, 0.6) is 5.75 Å². The quantitative estimate of drug-likeness (QED) is 0.678. The van der Waals surface area contributed by atoms with E-state index in [1.807, 2.05) is 39.0 Å². The smallest absolute Gasteiger partial charge is 0.410 e. The van der Waals surface area contributed by atoms with Gasteiger partial charge in [0.2, 0.25) is 0 Å². The molecule has 1 spiro atoms. The van der Waals surface area contributed by atoms with Crippen molar-refractivity contribution in [3.05, 3.63) is 29.8 Å². The van der Waals surface area contributed by atoms with Crippen LogP contribution in [0.4, 0.5) is 4.79 Å². The third-order valence-corrected chi connectivity index (χ3v) is 5.82. The van der Waals surface area contributed by atoms with E-state index in [9.17, 15) is 9.59 Å². The zero-order valence-electron chi connectivity index (χ0n) is 18.5. The highest BCUT2D eigenvalue weighted by Gasteiger charge is 2.37. The van der Waals surface area contributed by atoms with Crippen molar-refractivity contribution in [1.82, 2.24) is 15.5 Å². The number of nitrogens with zero attached hydrogens (tertiary/aromatic N) is 1. The van der Waals surface area contributed by atoms with E-state index in [1.54, 1.807) is 11.0 Å². The van der Waals surface area contributed by atoms with Crippen LogP contribution in [0, 0.1) is 5.41 Å². The molecular formula is C23H35N3O4. The number of amides is 2. The van der Waals surface area contributed by atoms with Crippen molar-refractivity contribution in [2.45, 2.75) is 52.1 Å². The SMILES string of the molecule is CC(C)(C)OC(=O)N1CCC2(CCNCCCOc3ccccc3C(=O)NC2)CC1. The molecule has 0 atom stereocenters. The van der Waals surface area contributed by atoms with Gasteiger partial charge in [-0.15, -0.1) is 0 Å². The van der Waals surface area contributed by atoms with Crippen LogP contribution in [0.1, 0.15) is 56.8 Å². The summed E-state index contributed by atoms with van der Waals surface area (Å²) < 4.78 is 11.4. The summed E-state index contributed by atoms with van der Waals surface area (Å²) in [5.41, 5.74) is 0.0436. The Kier molecular flexibility index (Phi) is 7.23. The number of hydrogen-bond acceptors (Lipinski definition) is 5. The van der Waals surface area contributed by atoms with Gasteiger partial charge < -0.3 is 25.0 Å². The predicted octanol–water partition coefficient (Wildman–Crippen LogP) is 3.20. The van der Waals surface area contributed by atoms with E-state index in [2.05, 4.69) is 10.6 Å². The van der Waals surface area contributed by atoms with Gasteiger partial charge in [-0.3, -0.25) is 4.79 Å². The summed E-state index contributed by atoms with van der Waals surface area (Å²) in [5.74, 6) is 0.523. The van der Waals surface area contributed by atoms with Crippen molar-refractivity contribution < 1.29 is 19.1 Å². The summed E-state index contributed by atoms with van der Waals surface area (Å²) in [6.45, 7) is 9.86. The molecule has 3 rings (SSSR count). The molecule has 7 nitrogen and oxygen atoms in total. The minimum Gasteiger partial charge on any atom is -0.493 e. The second-order valence-corrected chi connectivity index (χ2v) is 9.35. The first-order chi connectivity index (χ1) is 14.3. The van der Waals surface area contributed by atoms with Crippen LogP contribution in [0.3, 0.4) is 0 Å². The van der Waals surface area contributed by atoms with Crippen LogP contribution in [-0.4, -0.2) is 61.8 Å². The Hall–Kier alpha value is -2.28. The molecule has 0 aromatic heterocycles. The number of ether oxygens (including phenoxy) is 2. The van der Waals surface area contributed by atoms with E-state index >= 15 is 0 Å². The van der Waals surface area contributed by atoms with Gasteiger partial charge in [-0.05, 0) is 77.1 Å². The first-order valence-corrected chi connectivity index (χ1v) is 11.0. The Morgan fingerprint density at radius 2 is 1.87 bits per heavy atom. The number of carbonyl (C=O) groups excluding carboxylic acids is 2. The number of fused-ring (bicyclic) bond motifs is 1. The molecule has 2 amide bonds. The van der Waals surface area contributed by atoms with Gasteiger partial charge in [0.1, 0.15) is 11.4 Å². The molecule has 0 radical (unpaired) electrons. The van der Waals surface area contributed by atoms with Gasteiger partial charge in [0.25, 0.3) is 5.91 Å². The third-order valence-electron chi connectivity index (χ3n) is 5.82. The van der Waals surface area contributed by atoms with E-state index in [-0.39, 0.29) is 17.4 Å². The van der Waals surface area contributed by atoms with Crippen molar-refractivity contribution in [2.24, 2.45) is 5.41 Å². The second-order valence-electron chi connectivity index (χ2n) is 9.35. The molecule has 30 heavy (non-hydrogen) atoms. The zero-order chi connectivity index (χ0) is 21.6. The average molecular weight is 418 g/mol. The summed E-state index contributed by atoms with van der Waals surface area (Å²) in [6, 6.07) is 7.39. The highest BCUT2D eigenvalue weighted by Crippen LogP contribution is 2.35. The molecule has 1 saturated heterocycles. The second kappa shape index (κ2) is 9.69. The van der Waals surface area contributed by atoms with E-state index in [4.69, 9.17) is 9.47 Å². The molecule has 0 saturated carbocycles. The normalized spacial score (nSPS) is 20.6. The average Bonchev–Trinajstić information content (AvgIpc) is 2.71. The molecule has 1 fully saturated rings. The van der Waals surface area contributed by atoms with E-state index in [0.717, 1.165) is 38.8 Å². The number of hydrogen-bond donors (Lipinski definition) is 2. The summed E-state index contributed by atoms with van der Waals surface area (Å²) in [4.78, 5) is 27.1. The molecular weight excluding hydrogens is 382 g/mol. The van der Waals surface area contributed by atoms with E-state index in [0.29, 0.717) is 37.6 Å². The maximum Gasteiger partial charge on any atom is 0.410 e. The van der Waals surface area contributed by atoms with Gasteiger partial charge >= 0.3 is 6.09 Å². The van der Waals surface area contributed by atoms with E-state index in [1.165, 1.54) is 0 Å². The lowest BCUT2D eigenvalue weighted by Crippen LogP contribution is -2.49. The number of nitrogens with one attached hydrogen (secondary N) is 2. The molecule has 2 N–H and O–H groups in total. The minimum atomic E-state index is -0.495. The molecule has 166 valence electrons. The van der Waals surface area contributed by atoms with Gasteiger partial charge in [-0.1, -0.05) is 12.1 Å². The Morgan fingerprint density at radius 3 is 2.60 bits per heavy atom. The molecule has 2 aliphatic rings. The van der Waals surface area contributed by atoms with Crippen LogP contribution < -0.4 is 15.4 Å². The van der Waals surface area contributed by atoms with Crippen molar-refractivity contribution in [2.75, 3.05) is 39.3 Å². The van der Waals surface area contributed by atoms with Crippen LogP contribution in [0.15, 0.2) is 24.3 Å². The first-order valence-electron chi connectivity index (χ1n) is 11.0. The Labute approximate surface area is 179 Å². The first kappa shape index (κ1) is 22.4. The fourth-order valence-corrected chi connectivity index (χ4v) is 4.01. The largest absolute Gasteiger partial charge is 0.493 e. The van der Waals surface area contributed by atoms with Crippen molar-refractivity contribution >= 4 is 12.0 Å². The number of carbonyl (C=O) groups is 2. The van der Waals surface area contributed by atoms with Gasteiger partial charge in [0, 0.05) is 19.6 Å². The van der Waals surface area contributed by atoms with Crippen molar-refractivity contribution in [3.63, 3.8) is 0 Å². The molecule has 0 bridgehead atoms. The number of rotatable bonds is 0. The maximum atomic E-state index is 12.9. The summed E-state index contributed by atoms with van der Waals surface area (Å²) >= 11 is 0. The molecule has 7 heteroatoms. The zero-order valence-corrected chi connectivity index (χ0v) is 18.5. The minimum absolute atomic E-state index is 0.0367. The van der Waals surface area contributed by atoms with Crippen LogP contribution in [0.25, 0.3) is 0 Å². The molecule has 0 unspecified atom stereocenters. The van der Waals surface area contributed by atoms with Gasteiger partial charge in [0.05, 0.1) is 12.2 Å². The molecule has 1 aromatic carbocycles. The summed E-state index contributed by atoms with van der Waals surface area (Å²) in [5, 5.41) is 6.64. The fourth-order valence-electron chi connectivity index (χ4n) is 4.01. The van der Waals surface area contributed by atoms with Gasteiger partial charge in [0.15, 0.2) is 0 Å². The molecule has 2 heterocycles. The Balaban J connectivity index is 1.68. The highest BCUT2D eigenvalue weighted by atomic mass is 16.6. The van der Waals surface area contributed by atoms with Crippen molar-refractivity contribution in [3.8, 4) is 5.75 Å². The predicted molar refractivity (Wildman–Crippen MR) is 116 cm³/mol. The topological polar surface area (TPSA) is 79.9 Å². The molecule has 2 aliphatic heterocycles. The van der Waals surface area contributed by atoms with Gasteiger partial charge in [-0.2, -0.15) is 0 Å². The highest BCUT2D eigenvalue weighted by molar-refractivity contribution is 5.96. The number of para-hydroxylation sites is 1. The lowest BCUT2D eigenvalue weighted by atomic mass is 9.75. The third kappa shape index (κ3) is 6.11. The molecule has 1 aromatic rings. The van der Waals surface area contributed by atoms with Gasteiger partial charge in [-0.25, -0.2) is 4.79 Å². The maximum absolute atomic E-state index is 12.9. The molecule has 0 aliphatic carbocycles. The van der Waals surface area contributed by atoms with Crippen LogP contribution in [-0.2, 0) is 4.74 Å². The van der Waals surface area contributed by atoms with Crippen LogP contribution in [0.2, 0.25) is 0 Å². The lowest BCUT2D eigenvalue weighted by molar-refractivity contribution is 0.00885. The standard InChI is InChI=1S/C23H35N3O4/c1-22(2,3)30-21(28)26-14-10-23(11-15-26)9-13-24-12-6-16-29-19-8-5-4-7-18(19)20(27)25-17-23/h4-5,7-8,24H,6,9-17H2,1-3H3,(H,25,27). The summed E-state index contributed by atoms with van der Waals surface area (Å²) in [6.07, 6.45) is 3.27. The number of likely N-dealkylation sites (tertiary alicyclic amines) is 1. The van der Waals surface area contributed by atoms with E-state index < -0.39 is 5.60 Å². The number of benzene rings is 1. The van der Waals surface area contributed by atoms with Crippen molar-refractivity contribution in [1.29, 1.82) is 0 Å². The fraction of sp³-hybridized carbons (Fsp3) is 0.652. The number of piperidine rings is 1. The monoisotopic (exact) mass is 417 g/mol. The summed E-state index contributed by atoms with van der Waals surface area (Å²) in [7, 11) is 0.